The number of hydrogen-bond acceptors (Lipinski definition) is 4. The fourth-order valence-corrected chi connectivity index (χ4v) is 9.94. The average Bonchev–Trinajstić information content (AvgIpc) is 3.13. The second kappa shape index (κ2) is 10.8. The zero-order valence-electron chi connectivity index (χ0n) is 20.5. The van der Waals surface area contributed by atoms with Gasteiger partial charge in [-0.05, 0) is 61.8 Å². The second-order valence-electron chi connectivity index (χ2n) is 9.70. The number of halogens is 1. The molecule has 0 aliphatic heterocycles. The van der Waals surface area contributed by atoms with Crippen LogP contribution in [0.3, 0.4) is 0 Å². The van der Waals surface area contributed by atoms with E-state index < -0.39 is 20.5 Å². The SMILES string of the molecule is COc1ccc(CO[C@@H]2C(=O)C(I)=C[C@H]2O[Si](c2ccccc2)(c2ccccc2)C(C)(C)C)cc1. The Morgan fingerprint density at radius 3 is 1.89 bits per heavy atom. The van der Waals surface area contributed by atoms with Gasteiger partial charge in [-0.15, -0.1) is 0 Å². The summed E-state index contributed by atoms with van der Waals surface area (Å²) in [5.74, 6) is 0.761. The van der Waals surface area contributed by atoms with Crippen LogP contribution < -0.4 is 15.1 Å². The van der Waals surface area contributed by atoms with E-state index in [-0.39, 0.29) is 10.8 Å². The van der Waals surface area contributed by atoms with Gasteiger partial charge in [0.15, 0.2) is 5.78 Å². The van der Waals surface area contributed by atoms with E-state index >= 15 is 0 Å². The molecule has 2 atom stereocenters. The maximum atomic E-state index is 13.2. The van der Waals surface area contributed by atoms with Crippen LogP contribution in [0, 0.1) is 0 Å². The Kier molecular flexibility index (Phi) is 7.95. The van der Waals surface area contributed by atoms with Crippen LogP contribution in [0.1, 0.15) is 26.3 Å². The van der Waals surface area contributed by atoms with Crippen LogP contribution in [0.15, 0.2) is 94.6 Å². The number of hydrogen-bond donors (Lipinski definition) is 0. The first-order chi connectivity index (χ1) is 16.8. The van der Waals surface area contributed by atoms with Gasteiger partial charge in [-0.1, -0.05) is 93.6 Å². The van der Waals surface area contributed by atoms with Crippen molar-refractivity contribution < 1.29 is 18.7 Å². The van der Waals surface area contributed by atoms with Crippen molar-refractivity contribution in [2.24, 2.45) is 0 Å². The summed E-state index contributed by atoms with van der Waals surface area (Å²) in [4.78, 5) is 13.2. The third kappa shape index (κ3) is 5.30. The molecule has 0 radical (unpaired) electrons. The molecule has 0 heterocycles. The van der Waals surface area contributed by atoms with Crippen molar-refractivity contribution in [2.45, 2.75) is 44.6 Å². The molecule has 0 unspecified atom stereocenters. The smallest absolute Gasteiger partial charge is 0.262 e. The second-order valence-corrected chi connectivity index (χ2v) is 15.1. The molecule has 0 amide bonds. The molecule has 0 saturated carbocycles. The summed E-state index contributed by atoms with van der Waals surface area (Å²) in [6.07, 6.45) is 0.769. The standard InChI is InChI=1S/C29H31IO4Si/c1-29(2,3)35(23-11-7-5-8-12-23,24-13-9-6-10-14-24)34-26-19-25(30)27(31)28(26)33-20-21-15-17-22(32-4)18-16-21/h5-19,26,28H,20H2,1-4H3/t26-,28+/m1/s1. The van der Waals surface area contributed by atoms with Crippen molar-refractivity contribution in [1.82, 2.24) is 0 Å². The van der Waals surface area contributed by atoms with Gasteiger partial charge in [0.05, 0.1) is 23.4 Å². The fraction of sp³-hybridized carbons (Fsp3) is 0.276. The van der Waals surface area contributed by atoms with E-state index in [1.54, 1.807) is 7.11 Å². The van der Waals surface area contributed by atoms with E-state index in [1.165, 1.54) is 10.4 Å². The van der Waals surface area contributed by atoms with Crippen LogP contribution in [-0.4, -0.2) is 33.4 Å². The third-order valence-corrected chi connectivity index (χ3v) is 12.3. The first-order valence-corrected chi connectivity index (χ1v) is 14.7. The average molecular weight is 599 g/mol. The molecule has 0 spiro atoms. The zero-order valence-corrected chi connectivity index (χ0v) is 23.7. The van der Waals surface area contributed by atoms with E-state index in [2.05, 4.69) is 91.9 Å². The van der Waals surface area contributed by atoms with E-state index in [1.807, 2.05) is 42.5 Å². The molecule has 4 rings (SSSR count). The van der Waals surface area contributed by atoms with Gasteiger partial charge in [0, 0.05) is 0 Å². The molecule has 0 saturated heterocycles. The van der Waals surface area contributed by atoms with Crippen LogP contribution in [0.4, 0.5) is 0 Å². The number of carbonyl (C=O) groups excluding carboxylic acids is 1. The highest BCUT2D eigenvalue weighted by Gasteiger charge is 2.53. The van der Waals surface area contributed by atoms with Gasteiger partial charge in [-0.2, -0.15) is 0 Å². The minimum absolute atomic E-state index is 0.0259. The van der Waals surface area contributed by atoms with Gasteiger partial charge in [-0.25, -0.2) is 0 Å². The minimum atomic E-state index is -2.83. The number of carbonyl (C=O) groups is 1. The lowest BCUT2D eigenvalue weighted by atomic mass is 10.2. The van der Waals surface area contributed by atoms with E-state index in [9.17, 15) is 4.79 Å². The lowest BCUT2D eigenvalue weighted by molar-refractivity contribution is -0.129. The van der Waals surface area contributed by atoms with Crippen LogP contribution in [-0.2, 0) is 20.6 Å². The highest BCUT2D eigenvalue weighted by atomic mass is 127. The van der Waals surface area contributed by atoms with Crippen molar-refractivity contribution in [3.63, 3.8) is 0 Å². The molecule has 182 valence electrons. The van der Waals surface area contributed by atoms with Crippen molar-refractivity contribution in [3.8, 4) is 5.75 Å². The summed E-state index contributed by atoms with van der Waals surface area (Å²) in [5.41, 5.74) is 0.977. The Balaban J connectivity index is 1.71. The predicted molar refractivity (Wildman–Crippen MR) is 151 cm³/mol. The monoisotopic (exact) mass is 598 g/mol. The Hall–Kier alpha value is -2.26. The molecule has 0 N–H and O–H groups in total. The van der Waals surface area contributed by atoms with Gasteiger partial charge < -0.3 is 13.9 Å². The minimum Gasteiger partial charge on any atom is -0.497 e. The van der Waals surface area contributed by atoms with Crippen molar-refractivity contribution in [3.05, 3.63) is 100 Å². The molecule has 0 fully saturated rings. The number of ether oxygens (including phenoxy) is 2. The van der Waals surface area contributed by atoms with Crippen molar-refractivity contribution in [2.75, 3.05) is 7.11 Å². The molecule has 3 aromatic rings. The van der Waals surface area contributed by atoms with Gasteiger partial charge >= 0.3 is 0 Å². The molecule has 3 aromatic carbocycles. The highest BCUT2D eigenvalue weighted by Crippen LogP contribution is 2.40. The summed E-state index contributed by atoms with van der Waals surface area (Å²) in [6, 6.07) is 28.6. The zero-order chi connectivity index (χ0) is 25.1. The number of ketones is 1. The van der Waals surface area contributed by atoms with E-state index in [0.29, 0.717) is 10.2 Å². The molecule has 0 bridgehead atoms. The van der Waals surface area contributed by atoms with Crippen molar-refractivity contribution >= 4 is 47.1 Å². The molecule has 1 aliphatic rings. The molecule has 0 aromatic heterocycles. The quantitative estimate of drug-likeness (QED) is 0.257. The summed E-state index contributed by atoms with van der Waals surface area (Å²) in [5, 5.41) is 2.16. The van der Waals surface area contributed by atoms with Gasteiger partial charge in [0.25, 0.3) is 8.32 Å². The first kappa shape index (κ1) is 25.8. The molecular formula is C29H31IO4Si. The molecule has 4 nitrogen and oxygen atoms in total. The lowest BCUT2D eigenvalue weighted by Crippen LogP contribution is -2.68. The van der Waals surface area contributed by atoms with Crippen LogP contribution in [0.25, 0.3) is 0 Å². The third-order valence-electron chi connectivity index (χ3n) is 6.42. The summed E-state index contributed by atoms with van der Waals surface area (Å²) in [7, 11) is -1.19. The van der Waals surface area contributed by atoms with Gasteiger partial charge in [-0.3, -0.25) is 4.79 Å². The molecule has 6 heteroatoms. The summed E-state index contributed by atoms with van der Waals surface area (Å²) < 4.78 is 19.3. The van der Waals surface area contributed by atoms with Crippen molar-refractivity contribution in [1.29, 1.82) is 0 Å². The van der Waals surface area contributed by atoms with E-state index in [4.69, 9.17) is 13.9 Å². The van der Waals surface area contributed by atoms with Crippen LogP contribution in [0.2, 0.25) is 5.04 Å². The Morgan fingerprint density at radius 1 is 0.857 bits per heavy atom. The fourth-order valence-electron chi connectivity index (χ4n) is 4.67. The van der Waals surface area contributed by atoms with Crippen LogP contribution in [0.5, 0.6) is 5.75 Å². The number of benzene rings is 3. The predicted octanol–water partition coefficient (Wildman–Crippen LogP) is 5.43. The lowest BCUT2D eigenvalue weighted by Gasteiger charge is -2.45. The Morgan fingerprint density at radius 2 is 1.40 bits per heavy atom. The number of Topliss-reactive ketones (excluding diaryl/α,β-unsaturated/α-hetero) is 1. The van der Waals surface area contributed by atoms with Gasteiger partial charge in [0.2, 0.25) is 0 Å². The first-order valence-electron chi connectivity index (χ1n) is 11.7. The molecule has 1 aliphatic carbocycles. The summed E-state index contributed by atoms with van der Waals surface area (Å²) in [6.45, 7) is 7.02. The van der Waals surface area contributed by atoms with E-state index in [0.717, 1.165) is 11.3 Å². The van der Waals surface area contributed by atoms with Gasteiger partial charge in [0.1, 0.15) is 11.9 Å². The topological polar surface area (TPSA) is 44.8 Å². The number of rotatable bonds is 8. The normalized spacial score (nSPS) is 18.4. The molecule has 35 heavy (non-hydrogen) atoms. The largest absolute Gasteiger partial charge is 0.497 e. The summed E-state index contributed by atoms with van der Waals surface area (Å²) >= 11 is 2.10. The highest BCUT2D eigenvalue weighted by molar-refractivity contribution is 14.1. The maximum Gasteiger partial charge on any atom is 0.262 e. The van der Waals surface area contributed by atoms with Crippen LogP contribution >= 0.6 is 22.6 Å². The Labute approximate surface area is 222 Å². The maximum absolute atomic E-state index is 13.2. The molecular weight excluding hydrogens is 567 g/mol. The Bertz CT molecular complexity index is 1130. The number of methoxy groups -OCH3 is 1.